The Kier molecular flexibility index (Phi) is 3.76. The normalized spacial score (nSPS) is 10.4. The third kappa shape index (κ3) is 2.95. The highest BCUT2D eigenvalue weighted by Gasteiger charge is 2.08. The van der Waals surface area contributed by atoms with Gasteiger partial charge >= 0.3 is 0 Å². The number of carbonyl (C=O) groups is 1. The molecule has 0 radical (unpaired) electrons. The lowest BCUT2D eigenvalue weighted by Gasteiger charge is -2.04. The van der Waals surface area contributed by atoms with Gasteiger partial charge in [0.25, 0.3) is 5.91 Å². The average molecular weight is 309 g/mol. The van der Waals surface area contributed by atoms with Crippen LogP contribution in [0.4, 0.5) is 0 Å². The summed E-state index contributed by atoms with van der Waals surface area (Å²) in [5, 5.41) is 7.06. The molecule has 94 valence electrons. The minimum absolute atomic E-state index is 0.146. The predicted octanol–water partition coefficient (Wildman–Crippen LogP) is 1.82. The second-order valence-electron chi connectivity index (χ2n) is 3.99. The van der Waals surface area contributed by atoms with Crippen molar-refractivity contribution in [3.05, 3.63) is 46.0 Å². The van der Waals surface area contributed by atoms with Gasteiger partial charge in [-0.15, -0.1) is 0 Å². The van der Waals surface area contributed by atoms with Crippen LogP contribution in [-0.2, 0) is 13.6 Å². The Morgan fingerprint density at radius 3 is 2.89 bits per heavy atom. The van der Waals surface area contributed by atoms with E-state index in [9.17, 15) is 4.79 Å². The lowest BCUT2D eigenvalue weighted by molar-refractivity contribution is 0.0950. The van der Waals surface area contributed by atoms with Gasteiger partial charge in [0.2, 0.25) is 0 Å². The third-order valence-electron chi connectivity index (χ3n) is 2.52. The van der Waals surface area contributed by atoms with Crippen LogP contribution >= 0.6 is 15.9 Å². The van der Waals surface area contributed by atoms with Crippen LogP contribution in [0.15, 0.2) is 29.1 Å². The molecule has 5 nitrogen and oxygen atoms in total. The number of hydrogen-bond donors (Lipinski definition) is 1. The highest BCUT2D eigenvalue weighted by Crippen LogP contribution is 2.10. The number of halogens is 1. The van der Waals surface area contributed by atoms with Crippen molar-refractivity contribution in [2.75, 3.05) is 0 Å². The minimum atomic E-state index is -0.146. The zero-order chi connectivity index (χ0) is 13.1. The fourth-order valence-electron chi connectivity index (χ4n) is 1.64. The first kappa shape index (κ1) is 12.8. The summed E-state index contributed by atoms with van der Waals surface area (Å²) >= 11 is 3.29. The highest BCUT2D eigenvalue weighted by atomic mass is 79.9. The third-order valence-corrected chi connectivity index (χ3v) is 2.96. The average Bonchev–Trinajstić information content (AvgIpc) is 2.65. The Bertz CT molecular complexity index is 579. The van der Waals surface area contributed by atoms with Crippen LogP contribution in [0, 0.1) is 6.92 Å². The lowest BCUT2D eigenvalue weighted by atomic mass is 10.2. The summed E-state index contributed by atoms with van der Waals surface area (Å²) in [4.78, 5) is 15.8. The number of aryl methyl sites for hydroxylation is 2. The molecule has 0 aliphatic rings. The van der Waals surface area contributed by atoms with Gasteiger partial charge in [-0.1, -0.05) is 0 Å². The molecular weight excluding hydrogens is 296 g/mol. The van der Waals surface area contributed by atoms with E-state index in [4.69, 9.17) is 0 Å². The Morgan fingerprint density at radius 2 is 2.28 bits per heavy atom. The maximum atomic E-state index is 11.9. The van der Waals surface area contributed by atoms with Gasteiger partial charge in [0.05, 0.1) is 11.3 Å². The quantitative estimate of drug-likeness (QED) is 0.941. The van der Waals surface area contributed by atoms with E-state index in [0.717, 1.165) is 15.7 Å². The number of hydrogen-bond acceptors (Lipinski definition) is 3. The largest absolute Gasteiger partial charge is 0.348 e. The van der Waals surface area contributed by atoms with Gasteiger partial charge in [0.1, 0.15) is 0 Å². The standard InChI is InChI=1S/C12H13BrN4O/c1-8-10(7-17(2)16-8)5-15-12(18)9-3-11(13)6-14-4-9/h3-4,6-7H,5H2,1-2H3,(H,15,18). The molecule has 0 saturated carbocycles. The molecule has 0 bridgehead atoms. The molecule has 6 heteroatoms. The van der Waals surface area contributed by atoms with Crippen molar-refractivity contribution in [3.63, 3.8) is 0 Å². The second-order valence-corrected chi connectivity index (χ2v) is 4.90. The number of pyridine rings is 1. The molecule has 0 aromatic carbocycles. The van der Waals surface area contributed by atoms with Gasteiger partial charge in [0, 0.05) is 42.2 Å². The van der Waals surface area contributed by atoms with Crippen LogP contribution in [0.2, 0.25) is 0 Å². The van der Waals surface area contributed by atoms with Crippen LogP contribution in [-0.4, -0.2) is 20.7 Å². The first-order chi connectivity index (χ1) is 8.56. The van der Waals surface area contributed by atoms with Crippen LogP contribution in [0.1, 0.15) is 21.6 Å². The minimum Gasteiger partial charge on any atom is -0.348 e. The van der Waals surface area contributed by atoms with E-state index in [0.29, 0.717) is 12.1 Å². The molecule has 0 aliphatic carbocycles. The summed E-state index contributed by atoms with van der Waals surface area (Å²) in [6, 6.07) is 1.73. The summed E-state index contributed by atoms with van der Waals surface area (Å²) in [6.07, 6.45) is 5.08. The zero-order valence-corrected chi connectivity index (χ0v) is 11.7. The first-order valence-corrected chi connectivity index (χ1v) is 6.23. The van der Waals surface area contributed by atoms with Gasteiger partial charge < -0.3 is 5.32 Å². The molecule has 0 fully saturated rings. The van der Waals surface area contributed by atoms with Gasteiger partial charge in [-0.05, 0) is 28.9 Å². The Hall–Kier alpha value is -1.69. The molecule has 2 rings (SSSR count). The van der Waals surface area contributed by atoms with Gasteiger partial charge in [-0.25, -0.2) is 0 Å². The van der Waals surface area contributed by atoms with E-state index < -0.39 is 0 Å². The molecule has 2 aromatic heterocycles. The smallest absolute Gasteiger partial charge is 0.253 e. The Morgan fingerprint density at radius 1 is 1.50 bits per heavy atom. The number of amides is 1. The van der Waals surface area contributed by atoms with E-state index in [1.165, 1.54) is 6.20 Å². The molecular formula is C12H13BrN4O. The van der Waals surface area contributed by atoms with Crippen LogP contribution in [0.25, 0.3) is 0 Å². The fraction of sp³-hybridized carbons (Fsp3) is 0.250. The number of aromatic nitrogens is 3. The van der Waals surface area contributed by atoms with Crippen molar-refractivity contribution in [3.8, 4) is 0 Å². The number of nitrogens with zero attached hydrogens (tertiary/aromatic N) is 3. The zero-order valence-electron chi connectivity index (χ0n) is 10.1. The lowest BCUT2D eigenvalue weighted by Crippen LogP contribution is -2.23. The Balaban J connectivity index is 2.02. The predicted molar refractivity (Wildman–Crippen MR) is 71.1 cm³/mol. The molecule has 2 heterocycles. The molecule has 0 unspecified atom stereocenters. The molecule has 1 amide bonds. The van der Waals surface area contributed by atoms with Crippen molar-refractivity contribution < 1.29 is 4.79 Å². The van der Waals surface area contributed by atoms with Crippen LogP contribution in [0.3, 0.4) is 0 Å². The van der Waals surface area contributed by atoms with Crippen molar-refractivity contribution in [1.82, 2.24) is 20.1 Å². The fourth-order valence-corrected chi connectivity index (χ4v) is 2.00. The second kappa shape index (κ2) is 5.30. The van der Waals surface area contributed by atoms with E-state index in [2.05, 4.69) is 31.3 Å². The maximum absolute atomic E-state index is 11.9. The molecule has 1 N–H and O–H groups in total. The van der Waals surface area contributed by atoms with Gasteiger partial charge in [-0.2, -0.15) is 5.10 Å². The molecule has 0 aliphatic heterocycles. The van der Waals surface area contributed by atoms with E-state index >= 15 is 0 Å². The monoisotopic (exact) mass is 308 g/mol. The molecule has 0 atom stereocenters. The van der Waals surface area contributed by atoms with E-state index in [1.807, 2.05) is 20.2 Å². The van der Waals surface area contributed by atoms with Gasteiger partial charge in [-0.3, -0.25) is 14.5 Å². The summed E-state index contributed by atoms with van der Waals surface area (Å²) in [6.45, 7) is 2.38. The van der Waals surface area contributed by atoms with E-state index in [1.54, 1.807) is 16.9 Å². The SMILES string of the molecule is Cc1nn(C)cc1CNC(=O)c1cncc(Br)c1. The summed E-state index contributed by atoms with van der Waals surface area (Å²) in [5.74, 6) is -0.146. The first-order valence-electron chi connectivity index (χ1n) is 5.44. The maximum Gasteiger partial charge on any atom is 0.253 e. The summed E-state index contributed by atoms with van der Waals surface area (Å²) in [7, 11) is 1.86. The van der Waals surface area contributed by atoms with Crippen LogP contribution < -0.4 is 5.32 Å². The number of rotatable bonds is 3. The highest BCUT2D eigenvalue weighted by molar-refractivity contribution is 9.10. The molecule has 2 aromatic rings. The van der Waals surface area contributed by atoms with Crippen molar-refractivity contribution in [2.45, 2.75) is 13.5 Å². The summed E-state index contributed by atoms with van der Waals surface area (Å²) < 4.78 is 2.52. The molecule has 0 spiro atoms. The van der Waals surface area contributed by atoms with E-state index in [-0.39, 0.29) is 5.91 Å². The van der Waals surface area contributed by atoms with Crippen molar-refractivity contribution in [1.29, 1.82) is 0 Å². The van der Waals surface area contributed by atoms with Gasteiger partial charge in [0.15, 0.2) is 0 Å². The van der Waals surface area contributed by atoms with Crippen molar-refractivity contribution >= 4 is 21.8 Å². The van der Waals surface area contributed by atoms with Crippen molar-refractivity contribution in [2.24, 2.45) is 7.05 Å². The number of nitrogens with one attached hydrogen (secondary N) is 1. The Labute approximate surface area is 113 Å². The molecule has 0 saturated heterocycles. The topological polar surface area (TPSA) is 59.8 Å². The van der Waals surface area contributed by atoms with Crippen LogP contribution in [0.5, 0.6) is 0 Å². The summed E-state index contributed by atoms with van der Waals surface area (Å²) in [5.41, 5.74) is 2.46. The number of carbonyl (C=O) groups excluding carboxylic acids is 1. The molecule has 18 heavy (non-hydrogen) atoms.